The molecule has 2 aromatic rings. The van der Waals surface area contributed by atoms with Gasteiger partial charge < -0.3 is 15.2 Å². The molecule has 0 radical (unpaired) electrons. The lowest BCUT2D eigenvalue weighted by atomic mass is 10.1. The molecule has 1 heterocycles. The zero-order valence-electron chi connectivity index (χ0n) is 14.9. The average molecular weight is 456 g/mol. The van der Waals surface area contributed by atoms with Crippen LogP contribution >= 0.6 is 15.9 Å². The van der Waals surface area contributed by atoms with Crippen LogP contribution in [0.25, 0.3) is 6.08 Å². The fourth-order valence-corrected chi connectivity index (χ4v) is 3.16. The molecule has 0 atom stereocenters. The Morgan fingerprint density at radius 2 is 2.03 bits per heavy atom. The Bertz CT molecular complexity index is 1070. The zero-order valence-corrected chi connectivity index (χ0v) is 16.5. The van der Waals surface area contributed by atoms with Crippen LogP contribution in [0.5, 0.6) is 5.75 Å². The van der Waals surface area contributed by atoms with E-state index in [2.05, 4.69) is 27.3 Å². The number of amides is 3. The quantitative estimate of drug-likeness (QED) is 0.510. The number of nitrogens with one attached hydrogen (secondary N) is 1. The number of nitrogens with zero attached hydrogens (tertiary/aromatic N) is 2. The Labute approximate surface area is 174 Å². The number of carboxylic acid groups (broad SMARTS) is 1. The van der Waals surface area contributed by atoms with E-state index in [0.717, 1.165) is 5.56 Å². The lowest BCUT2D eigenvalue weighted by Crippen LogP contribution is -2.35. The topological polar surface area (TPSA) is 120 Å². The normalized spacial score (nSPS) is 14.6. The molecule has 0 aliphatic carbocycles. The highest BCUT2D eigenvalue weighted by Crippen LogP contribution is 2.28. The molecule has 1 fully saturated rings. The molecule has 0 spiro atoms. The van der Waals surface area contributed by atoms with Crippen LogP contribution in [0, 0.1) is 11.3 Å². The standard InChI is InChI=1S/C20H14BrN3O5/c21-15-7-12(8-16-19(27)24(10-18(25)26)20(28)23-16)5-6-17(15)29-11-14-4-2-1-3-13(14)9-22/h1-8H,10-11H2,(H,23,28)(H,25,26)/b16-8+. The second-order valence-electron chi connectivity index (χ2n) is 6.02. The summed E-state index contributed by atoms with van der Waals surface area (Å²) in [5.41, 5.74) is 1.87. The van der Waals surface area contributed by atoms with Crippen molar-refractivity contribution in [1.29, 1.82) is 5.26 Å². The number of carboxylic acids is 1. The van der Waals surface area contributed by atoms with Crippen LogP contribution in [0.3, 0.4) is 0 Å². The van der Waals surface area contributed by atoms with E-state index in [1.807, 2.05) is 12.1 Å². The molecule has 1 saturated heterocycles. The van der Waals surface area contributed by atoms with Crippen LogP contribution in [-0.2, 0) is 16.2 Å². The van der Waals surface area contributed by atoms with Gasteiger partial charge in [0.15, 0.2) is 0 Å². The van der Waals surface area contributed by atoms with Gasteiger partial charge in [-0.25, -0.2) is 9.69 Å². The van der Waals surface area contributed by atoms with Gasteiger partial charge in [-0.3, -0.25) is 9.59 Å². The molecule has 0 saturated carbocycles. The Kier molecular flexibility index (Phi) is 5.95. The van der Waals surface area contributed by atoms with Gasteiger partial charge in [0.2, 0.25) is 0 Å². The number of rotatable bonds is 6. The Hall–Kier alpha value is -3.64. The molecule has 146 valence electrons. The maximum Gasteiger partial charge on any atom is 0.329 e. The van der Waals surface area contributed by atoms with Crippen molar-refractivity contribution in [3.63, 3.8) is 0 Å². The van der Waals surface area contributed by atoms with Crippen LogP contribution < -0.4 is 10.1 Å². The fourth-order valence-electron chi connectivity index (χ4n) is 2.65. The number of hydrogen-bond donors (Lipinski definition) is 2. The number of halogens is 1. The molecule has 2 aromatic carbocycles. The lowest BCUT2D eigenvalue weighted by molar-refractivity contribution is -0.140. The van der Waals surface area contributed by atoms with Crippen molar-refractivity contribution in [2.24, 2.45) is 0 Å². The second kappa shape index (κ2) is 8.58. The molecule has 2 N–H and O–H groups in total. The molecule has 0 aromatic heterocycles. The maximum absolute atomic E-state index is 12.2. The first-order valence-corrected chi connectivity index (χ1v) is 9.15. The second-order valence-corrected chi connectivity index (χ2v) is 6.88. The highest BCUT2D eigenvalue weighted by atomic mass is 79.9. The van der Waals surface area contributed by atoms with Crippen molar-refractivity contribution in [2.45, 2.75) is 6.61 Å². The highest BCUT2D eigenvalue weighted by Gasteiger charge is 2.34. The van der Waals surface area contributed by atoms with Gasteiger partial charge in [-0.15, -0.1) is 0 Å². The van der Waals surface area contributed by atoms with Gasteiger partial charge in [-0.1, -0.05) is 24.3 Å². The van der Waals surface area contributed by atoms with E-state index in [4.69, 9.17) is 15.1 Å². The van der Waals surface area contributed by atoms with Crippen LogP contribution in [0.15, 0.2) is 52.6 Å². The monoisotopic (exact) mass is 455 g/mol. The van der Waals surface area contributed by atoms with Crippen molar-refractivity contribution < 1.29 is 24.2 Å². The smallest absolute Gasteiger partial charge is 0.329 e. The van der Waals surface area contributed by atoms with E-state index < -0.39 is 24.5 Å². The van der Waals surface area contributed by atoms with Gasteiger partial charge in [0.25, 0.3) is 5.91 Å². The van der Waals surface area contributed by atoms with Gasteiger partial charge in [0, 0.05) is 5.56 Å². The van der Waals surface area contributed by atoms with E-state index >= 15 is 0 Å². The number of urea groups is 1. The molecule has 0 bridgehead atoms. The minimum atomic E-state index is -1.28. The summed E-state index contributed by atoms with van der Waals surface area (Å²) in [5.74, 6) is -1.45. The van der Waals surface area contributed by atoms with Crippen molar-refractivity contribution in [1.82, 2.24) is 10.2 Å². The number of ether oxygens (including phenoxy) is 1. The summed E-state index contributed by atoms with van der Waals surface area (Å²) in [7, 11) is 0. The fraction of sp³-hybridized carbons (Fsp3) is 0.100. The number of carbonyl (C=O) groups is 3. The minimum absolute atomic E-state index is 0.0141. The number of carbonyl (C=O) groups excluding carboxylic acids is 2. The van der Waals surface area contributed by atoms with E-state index in [1.54, 1.807) is 30.3 Å². The molecular formula is C20H14BrN3O5. The summed E-state index contributed by atoms with van der Waals surface area (Å²) < 4.78 is 6.37. The number of benzene rings is 2. The number of aliphatic carboxylic acids is 1. The van der Waals surface area contributed by atoms with E-state index in [9.17, 15) is 14.4 Å². The zero-order chi connectivity index (χ0) is 21.0. The predicted octanol–water partition coefficient (Wildman–Crippen LogP) is 2.88. The molecule has 3 amide bonds. The van der Waals surface area contributed by atoms with Crippen molar-refractivity contribution >= 4 is 39.9 Å². The Morgan fingerprint density at radius 3 is 2.72 bits per heavy atom. The predicted molar refractivity (Wildman–Crippen MR) is 105 cm³/mol. The summed E-state index contributed by atoms with van der Waals surface area (Å²) in [4.78, 5) is 35.3. The van der Waals surface area contributed by atoms with Crippen LogP contribution in [0.1, 0.15) is 16.7 Å². The van der Waals surface area contributed by atoms with Gasteiger partial charge in [0.1, 0.15) is 24.6 Å². The van der Waals surface area contributed by atoms with E-state index in [1.165, 1.54) is 6.08 Å². The van der Waals surface area contributed by atoms with Crippen LogP contribution in [0.2, 0.25) is 0 Å². The maximum atomic E-state index is 12.2. The summed E-state index contributed by atoms with van der Waals surface area (Å²) in [6, 6.07) is 13.5. The van der Waals surface area contributed by atoms with Gasteiger partial charge >= 0.3 is 12.0 Å². The number of hydrogen-bond acceptors (Lipinski definition) is 5. The molecule has 0 unspecified atom stereocenters. The number of imide groups is 1. The molecule has 1 aliphatic heterocycles. The molecule has 29 heavy (non-hydrogen) atoms. The number of nitriles is 1. The highest BCUT2D eigenvalue weighted by molar-refractivity contribution is 9.10. The molecule has 3 rings (SSSR count). The SMILES string of the molecule is N#Cc1ccccc1COc1ccc(/C=C2/NC(=O)N(CC(=O)O)C2=O)cc1Br. The Morgan fingerprint density at radius 1 is 1.28 bits per heavy atom. The van der Waals surface area contributed by atoms with Crippen molar-refractivity contribution in [3.05, 3.63) is 69.3 Å². The van der Waals surface area contributed by atoms with Crippen molar-refractivity contribution in [3.8, 4) is 11.8 Å². The molecule has 9 heteroatoms. The first-order chi connectivity index (χ1) is 13.9. The molecular weight excluding hydrogens is 442 g/mol. The van der Waals surface area contributed by atoms with E-state index in [0.29, 0.717) is 26.2 Å². The molecule has 8 nitrogen and oxygen atoms in total. The lowest BCUT2D eigenvalue weighted by Gasteiger charge is -2.10. The minimum Gasteiger partial charge on any atom is -0.488 e. The summed E-state index contributed by atoms with van der Waals surface area (Å²) in [5, 5.41) is 20.3. The third-order valence-corrected chi connectivity index (χ3v) is 4.66. The third kappa shape index (κ3) is 4.62. The summed E-state index contributed by atoms with van der Waals surface area (Å²) in [6.07, 6.45) is 1.45. The first-order valence-electron chi connectivity index (χ1n) is 8.35. The van der Waals surface area contributed by atoms with Gasteiger partial charge in [-0.2, -0.15) is 5.26 Å². The summed E-state index contributed by atoms with van der Waals surface area (Å²) in [6.45, 7) is -0.496. The van der Waals surface area contributed by atoms with Gasteiger partial charge in [0.05, 0.1) is 16.1 Å². The Balaban J connectivity index is 1.74. The van der Waals surface area contributed by atoms with Crippen molar-refractivity contribution in [2.75, 3.05) is 6.54 Å². The largest absolute Gasteiger partial charge is 0.488 e. The van der Waals surface area contributed by atoms with Crippen LogP contribution in [0.4, 0.5) is 4.79 Å². The first kappa shape index (κ1) is 20.1. The average Bonchev–Trinajstić information content (AvgIpc) is 2.94. The van der Waals surface area contributed by atoms with Gasteiger partial charge in [-0.05, 0) is 45.8 Å². The summed E-state index contributed by atoms with van der Waals surface area (Å²) >= 11 is 3.40. The molecule has 1 aliphatic rings. The van der Waals surface area contributed by atoms with Crippen LogP contribution in [-0.4, -0.2) is 34.5 Å². The van der Waals surface area contributed by atoms with E-state index in [-0.39, 0.29) is 12.3 Å². The third-order valence-electron chi connectivity index (χ3n) is 4.04.